The van der Waals surface area contributed by atoms with Crippen molar-refractivity contribution in [2.45, 2.75) is 4.90 Å². The molecule has 2 aromatic carbocycles. The number of hydrogen-bond donors (Lipinski definition) is 1. The van der Waals surface area contributed by atoms with Crippen molar-refractivity contribution in [2.24, 2.45) is 5.14 Å². The van der Waals surface area contributed by atoms with Gasteiger partial charge in [-0.05, 0) is 12.1 Å². The second-order valence-electron chi connectivity index (χ2n) is 3.69. The predicted molar refractivity (Wildman–Crippen MR) is 66.8 cm³/mol. The predicted octanol–water partition coefficient (Wildman–Crippen LogP) is 1.84. The van der Waals surface area contributed by atoms with Gasteiger partial charge in [-0.3, -0.25) is 0 Å². The molecule has 0 saturated carbocycles. The van der Waals surface area contributed by atoms with Crippen molar-refractivity contribution in [3.8, 4) is 5.75 Å². The molecule has 0 aliphatic carbocycles. The Labute approximate surface area is 104 Å². The van der Waals surface area contributed by atoms with Gasteiger partial charge in [-0.2, -0.15) is 0 Å². The number of rotatable bonds is 4. The highest BCUT2D eigenvalue weighted by molar-refractivity contribution is 7.89. The quantitative estimate of drug-likeness (QED) is 0.920. The van der Waals surface area contributed by atoms with Crippen molar-refractivity contribution in [3.05, 3.63) is 36.4 Å². The first-order chi connectivity index (χ1) is 8.54. The van der Waals surface area contributed by atoms with E-state index in [4.69, 9.17) is 9.88 Å². The van der Waals surface area contributed by atoms with E-state index in [9.17, 15) is 12.8 Å². The molecule has 2 rings (SSSR count). The third-order valence-corrected chi connectivity index (χ3v) is 3.45. The fraction of sp³-hybridized carbons (Fsp3) is 0.167. The van der Waals surface area contributed by atoms with Crippen molar-refractivity contribution < 1.29 is 17.5 Å². The van der Waals surface area contributed by atoms with Crippen molar-refractivity contribution in [2.75, 3.05) is 13.3 Å². The van der Waals surface area contributed by atoms with Crippen LogP contribution in [-0.2, 0) is 10.0 Å². The first kappa shape index (κ1) is 12.8. The van der Waals surface area contributed by atoms with Crippen molar-refractivity contribution in [1.29, 1.82) is 0 Å². The Morgan fingerprint density at radius 3 is 2.39 bits per heavy atom. The van der Waals surface area contributed by atoms with E-state index < -0.39 is 16.7 Å². The van der Waals surface area contributed by atoms with Crippen LogP contribution in [0.1, 0.15) is 0 Å². The number of hydrogen-bond acceptors (Lipinski definition) is 3. The number of nitrogens with two attached hydrogens (primary N) is 1. The number of fused-ring (bicyclic) bond motifs is 1. The Bertz CT molecular complexity index is 670. The molecule has 18 heavy (non-hydrogen) atoms. The van der Waals surface area contributed by atoms with E-state index in [1.807, 2.05) is 0 Å². The molecule has 0 unspecified atom stereocenters. The van der Waals surface area contributed by atoms with Crippen LogP contribution in [-0.4, -0.2) is 21.7 Å². The zero-order valence-electron chi connectivity index (χ0n) is 9.47. The molecule has 0 spiro atoms. The van der Waals surface area contributed by atoms with Crippen molar-refractivity contribution in [1.82, 2.24) is 0 Å². The largest absolute Gasteiger partial charge is 0.490 e. The molecule has 0 saturated heterocycles. The Kier molecular flexibility index (Phi) is 3.49. The minimum atomic E-state index is -3.80. The Morgan fingerprint density at radius 1 is 1.11 bits per heavy atom. The summed E-state index contributed by atoms with van der Waals surface area (Å²) in [6.45, 7) is -0.677. The number of halogens is 1. The van der Waals surface area contributed by atoms with Gasteiger partial charge in [0, 0.05) is 10.8 Å². The van der Waals surface area contributed by atoms with Crippen LogP contribution in [0.4, 0.5) is 4.39 Å². The average molecular weight is 269 g/mol. The molecule has 0 heterocycles. The van der Waals surface area contributed by atoms with Crippen LogP contribution in [0.5, 0.6) is 5.75 Å². The maximum Gasteiger partial charge on any atom is 0.238 e. The van der Waals surface area contributed by atoms with E-state index in [-0.39, 0.29) is 11.5 Å². The minimum Gasteiger partial charge on any atom is -0.490 e. The van der Waals surface area contributed by atoms with Crippen LogP contribution in [0, 0.1) is 0 Å². The molecule has 0 radical (unpaired) electrons. The molecular weight excluding hydrogens is 257 g/mol. The molecule has 0 aromatic heterocycles. The van der Waals surface area contributed by atoms with Gasteiger partial charge >= 0.3 is 0 Å². The minimum absolute atomic E-state index is 0.0331. The normalized spacial score (nSPS) is 11.7. The summed E-state index contributed by atoms with van der Waals surface area (Å²) in [6, 6.07) is 9.64. The Hall–Kier alpha value is -1.66. The van der Waals surface area contributed by atoms with E-state index in [0.717, 1.165) is 0 Å². The second-order valence-corrected chi connectivity index (χ2v) is 5.22. The first-order valence-corrected chi connectivity index (χ1v) is 6.82. The number of benzene rings is 2. The molecule has 2 aromatic rings. The van der Waals surface area contributed by atoms with E-state index in [1.165, 1.54) is 12.1 Å². The van der Waals surface area contributed by atoms with Crippen molar-refractivity contribution >= 4 is 20.8 Å². The first-order valence-electron chi connectivity index (χ1n) is 5.27. The highest BCUT2D eigenvalue weighted by Gasteiger charge is 2.14. The molecule has 0 aliphatic rings. The highest BCUT2D eigenvalue weighted by atomic mass is 32.2. The molecule has 0 atom stereocenters. The summed E-state index contributed by atoms with van der Waals surface area (Å²) in [4.78, 5) is 0.0331. The van der Waals surface area contributed by atoms with Gasteiger partial charge in [-0.15, -0.1) is 0 Å². The average Bonchev–Trinajstić information content (AvgIpc) is 2.34. The molecule has 6 heteroatoms. The maximum absolute atomic E-state index is 12.1. The zero-order chi connectivity index (χ0) is 13.2. The fourth-order valence-electron chi connectivity index (χ4n) is 1.77. The lowest BCUT2D eigenvalue weighted by atomic mass is 10.1. The second kappa shape index (κ2) is 4.91. The maximum atomic E-state index is 12.1. The molecule has 0 fully saturated rings. The van der Waals surface area contributed by atoms with E-state index in [2.05, 4.69) is 0 Å². The number of primary sulfonamides is 1. The Balaban J connectivity index is 2.66. The topological polar surface area (TPSA) is 69.4 Å². The van der Waals surface area contributed by atoms with Gasteiger partial charge < -0.3 is 4.74 Å². The number of alkyl halides is 1. The monoisotopic (exact) mass is 269 g/mol. The van der Waals surface area contributed by atoms with Gasteiger partial charge in [-0.25, -0.2) is 17.9 Å². The SMILES string of the molecule is NS(=O)(=O)c1ccc(OCCF)c2ccccc12. The smallest absolute Gasteiger partial charge is 0.238 e. The van der Waals surface area contributed by atoms with Gasteiger partial charge in [0.05, 0.1) is 4.90 Å². The highest BCUT2D eigenvalue weighted by Crippen LogP contribution is 2.30. The summed E-state index contributed by atoms with van der Waals surface area (Å²) in [5.41, 5.74) is 0. The number of sulfonamides is 1. The van der Waals surface area contributed by atoms with E-state index in [0.29, 0.717) is 16.5 Å². The lowest BCUT2D eigenvalue weighted by Gasteiger charge is -2.10. The fourth-order valence-corrected chi connectivity index (χ4v) is 2.51. The lowest BCUT2D eigenvalue weighted by Crippen LogP contribution is -2.12. The molecule has 0 amide bonds. The van der Waals surface area contributed by atoms with Gasteiger partial charge in [0.1, 0.15) is 19.0 Å². The van der Waals surface area contributed by atoms with Crippen molar-refractivity contribution in [3.63, 3.8) is 0 Å². The van der Waals surface area contributed by atoms with Gasteiger partial charge in [0.2, 0.25) is 10.0 Å². The summed E-state index contributed by atoms with van der Waals surface area (Å²) in [5, 5.41) is 6.21. The lowest BCUT2D eigenvalue weighted by molar-refractivity contribution is 0.276. The standard InChI is InChI=1S/C12H12FNO3S/c13-7-8-17-11-5-6-12(18(14,15)16)10-4-2-1-3-9(10)11/h1-6H,7-8H2,(H2,14,15,16). The zero-order valence-corrected chi connectivity index (χ0v) is 10.3. The van der Waals surface area contributed by atoms with Gasteiger partial charge in [0.15, 0.2) is 0 Å². The molecule has 0 aliphatic heterocycles. The van der Waals surface area contributed by atoms with E-state index >= 15 is 0 Å². The summed E-state index contributed by atoms with van der Waals surface area (Å²) >= 11 is 0. The van der Waals surface area contributed by atoms with Gasteiger partial charge in [0.25, 0.3) is 0 Å². The Morgan fingerprint density at radius 2 is 1.78 bits per heavy atom. The van der Waals surface area contributed by atoms with Crippen LogP contribution < -0.4 is 9.88 Å². The summed E-state index contributed by atoms with van der Waals surface area (Å²) < 4.78 is 40.2. The van der Waals surface area contributed by atoms with E-state index in [1.54, 1.807) is 24.3 Å². The molecule has 2 N–H and O–H groups in total. The third-order valence-electron chi connectivity index (χ3n) is 2.49. The van der Waals surface area contributed by atoms with Gasteiger partial charge in [-0.1, -0.05) is 24.3 Å². The molecule has 0 bridgehead atoms. The number of ether oxygens (including phenoxy) is 1. The molecule has 4 nitrogen and oxygen atoms in total. The van der Waals surface area contributed by atoms with Crippen LogP contribution in [0.3, 0.4) is 0 Å². The van der Waals surface area contributed by atoms with Crippen LogP contribution >= 0.6 is 0 Å². The molecular formula is C12H12FNO3S. The van der Waals surface area contributed by atoms with Crippen LogP contribution in [0.15, 0.2) is 41.3 Å². The third kappa shape index (κ3) is 2.44. The summed E-state index contributed by atoms with van der Waals surface area (Å²) in [5.74, 6) is 0.440. The van der Waals surface area contributed by atoms with Crippen LogP contribution in [0.2, 0.25) is 0 Å². The molecule has 96 valence electrons. The summed E-state index contributed by atoms with van der Waals surface area (Å²) in [6.07, 6.45) is 0. The summed E-state index contributed by atoms with van der Waals surface area (Å²) in [7, 11) is -3.80. The van der Waals surface area contributed by atoms with Crippen LogP contribution in [0.25, 0.3) is 10.8 Å².